The lowest BCUT2D eigenvalue weighted by molar-refractivity contribution is -0.122. The number of amides is 1. The summed E-state index contributed by atoms with van der Waals surface area (Å²) >= 11 is 0. The number of hydrogen-bond donors (Lipinski definition) is 1. The Bertz CT molecular complexity index is 1220. The van der Waals surface area contributed by atoms with Crippen molar-refractivity contribution in [2.45, 2.75) is 45.6 Å². The van der Waals surface area contributed by atoms with E-state index in [0.29, 0.717) is 25.5 Å². The van der Waals surface area contributed by atoms with Gasteiger partial charge in [-0.25, -0.2) is 4.79 Å². The minimum atomic E-state index is -0.720. The summed E-state index contributed by atoms with van der Waals surface area (Å²) in [5.41, 5.74) is 3.08. The second-order valence-corrected chi connectivity index (χ2v) is 8.58. The Morgan fingerprint density at radius 1 is 0.865 bits per heavy atom. The second-order valence-electron chi connectivity index (χ2n) is 8.58. The number of alkyl carbamates (subject to hydrolysis) is 1. The van der Waals surface area contributed by atoms with Crippen molar-refractivity contribution in [1.29, 1.82) is 0 Å². The fourth-order valence-corrected chi connectivity index (χ4v) is 3.80. The number of ketones is 1. The number of rotatable bonds is 12. The summed E-state index contributed by atoms with van der Waals surface area (Å²) in [5, 5.41) is 15.4. The SMILES string of the molecule is CCC(NC(=O)OCc1ccccc1)C(=O)Cn1nnc(N(Cc2ccccc2)Cc2ccccc2)n1. The molecule has 1 unspecified atom stereocenters. The topological polar surface area (TPSA) is 102 Å². The van der Waals surface area contributed by atoms with E-state index in [1.165, 1.54) is 4.80 Å². The van der Waals surface area contributed by atoms with E-state index >= 15 is 0 Å². The smallest absolute Gasteiger partial charge is 0.408 e. The number of aromatic nitrogens is 4. The molecule has 37 heavy (non-hydrogen) atoms. The maximum atomic E-state index is 12.9. The average Bonchev–Trinajstić information content (AvgIpc) is 3.40. The van der Waals surface area contributed by atoms with Gasteiger partial charge in [-0.1, -0.05) is 103 Å². The van der Waals surface area contributed by atoms with Crippen LogP contribution in [0.1, 0.15) is 30.0 Å². The molecule has 1 heterocycles. The molecule has 0 spiro atoms. The van der Waals surface area contributed by atoms with Gasteiger partial charge in [0.2, 0.25) is 0 Å². The lowest BCUT2D eigenvalue weighted by atomic mass is 10.1. The van der Waals surface area contributed by atoms with Crippen LogP contribution in [0.5, 0.6) is 0 Å². The second kappa shape index (κ2) is 13.0. The lowest BCUT2D eigenvalue weighted by Crippen LogP contribution is -2.42. The lowest BCUT2D eigenvalue weighted by Gasteiger charge is -2.21. The number of nitrogens with one attached hydrogen (secondary N) is 1. The Hall–Kier alpha value is -4.53. The van der Waals surface area contributed by atoms with Crippen molar-refractivity contribution < 1.29 is 14.3 Å². The highest BCUT2D eigenvalue weighted by molar-refractivity contribution is 5.87. The van der Waals surface area contributed by atoms with Crippen LogP contribution in [0, 0.1) is 0 Å². The molecule has 0 bridgehead atoms. The van der Waals surface area contributed by atoms with Gasteiger partial charge >= 0.3 is 6.09 Å². The van der Waals surface area contributed by atoms with E-state index in [-0.39, 0.29) is 18.9 Å². The molecule has 0 radical (unpaired) electrons. The predicted octanol–water partition coefficient (Wildman–Crippen LogP) is 4.15. The van der Waals surface area contributed by atoms with E-state index in [1.54, 1.807) is 0 Å². The monoisotopic (exact) mass is 498 g/mol. The quantitative estimate of drug-likeness (QED) is 0.313. The fraction of sp³-hybridized carbons (Fsp3) is 0.250. The number of ether oxygens (including phenoxy) is 1. The summed E-state index contributed by atoms with van der Waals surface area (Å²) in [6.45, 7) is 3.00. The van der Waals surface area contributed by atoms with Gasteiger partial charge in [0.15, 0.2) is 5.78 Å². The van der Waals surface area contributed by atoms with Crippen molar-refractivity contribution in [2.75, 3.05) is 4.90 Å². The van der Waals surface area contributed by atoms with Crippen LogP contribution in [0.25, 0.3) is 0 Å². The molecule has 1 atom stereocenters. The number of nitrogens with zero attached hydrogens (tertiary/aromatic N) is 5. The molecule has 190 valence electrons. The number of anilines is 1. The zero-order valence-electron chi connectivity index (χ0n) is 20.7. The molecular weight excluding hydrogens is 468 g/mol. The third kappa shape index (κ3) is 7.73. The third-order valence-corrected chi connectivity index (χ3v) is 5.76. The minimum absolute atomic E-state index is 0.116. The van der Waals surface area contributed by atoms with Crippen molar-refractivity contribution >= 4 is 17.8 Å². The Labute approximate surface area is 216 Å². The standard InChI is InChI=1S/C28H30N6O3/c1-2-25(29-28(36)37-21-24-16-10-5-11-17-24)26(35)20-34-31-27(30-32-34)33(18-22-12-6-3-7-13-22)19-23-14-8-4-9-15-23/h3-17,25H,2,18-21H2,1H3,(H,29,36). The van der Waals surface area contributed by atoms with E-state index < -0.39 is 12.1 Å². The van der Waals surface area contributed by atoms with Gasteiger partial charge in [0.1, 0.15) is 13.2 Å². The number of tetrazole rings is 1. The zero-order chi connectivity index (χ0) is 25.9. The predicted molar refractivity (Wildman–Crippen MR) is 139 cm³/mol. The van der Waals surface area contributed by atoms with Gasteiger partial charge in [-0.15, -0.1) is 5.10 Å². The van der Waals surface area contributed by atoms with Gasteiger partial charge in [-0.2, -0.15) is 4.80 Å². The van der Waals surface area contributed by atoms with Crippen LogP contribution in [0.15, 0.2) is 91.0 Å². The summed E-state index contributed by atoms with van der Waals surface area (Å²) in [6, 6.07) is 28.7. The maximum Gasteiger partial charge on any atom is 0.408 e. The van der Waals surface area contributed by atoms with Crippen molar-refractivity contribution in [3.63, 3.8) is 0 Å². The fourth-order valence-electron chi connectivity index (χ4n) is 3.80. The molecule has 0 aliphatic carbocycles. The number of Topliss-reactive ketones (excluding diaryl/α,β-unsaturated/α-hetero) is 1. The summed E-state index contributed by atoms with van der Waals surface area (Å²) in [4.78, 5) is 28.4. The molecule has 3 aromatic carbocycles. The summed E-state index contributed by atoms with van der Waals surface area (Å²) in [7, 11) is 0. The molecule has 9 nitrogen and oxygen atoms in total. The molecule has 0 fully saturated rings. The average molecular weight is 499 g/mol. The Kier molecular flexibility index (Phi) is 8.96. The number of hydrogen-bond acceptors (Lipinski definition) is 7. The van der Waals surface area contributed by atoms with Gasteiger partial charge in [0.25, 0.3) is 5.95 Å². The van der Waals surface area contributed by atoms with Crippen LogP contribution in [0.4, 0.5) is 10.7 Å². The van der Waals surface area contributed by atoms with E-state index in [4.69, 9.17) is 4.74 Å². The molecule has 4 rings (SSSR count). The Balaban J connectivity index is 1.38. The molecule has 1 N–H and O–H groups in total. The number of benzene rings is 3. The Morgan fingerprint density at radius 3 is 1.95 bits per heavy atom. The van der Waals surface area contributed by atoms with Crippen LogP contribution < -0.4 is 10.2 Å². The molecule has 1 aromatic heterocycles. The van der Waals surface area contributed by atoms with Gasteiger partial charge in [-0.05, 0) is 28.3 Å². The molecule has 0 aliphatic heterocycles. The normalized spacial score (nSPS) is 11.5. The first-order chi connectivity index (χ1) is 18.1. The highest BCUT2D eigenvalue weighted by atomic mass is 16.5. The number of carbonyl (C=O) groups is 2. The Morgan fingerprint density at radius 2 is 1.41 bits per heavy atom. The van der Waals surface area contributed by atoms with Crippen molar-refractivity contribution in [1.82, 2.24) is 25.5 Å². The molecule has 1 amide bonds. The van der Waals surface area contributed by atoms with Crippen LogP contribution in [0.3, 0.4) is 0 Å². The van der Waals surface area contributed by atoms with E-state index in [9.17, 15) is 9.59 Å². The largest absolute Gasteiger partial charge is 0.445 e. The minimum Gasteiger partial charge on any atom is -0.445 e. The van der Waals surface area contributed by atoms with E-state index in [1.807, 2.05) is 103 Å². The molecule has 0 aliphatic rings. The van der Waals surface area contributed by atoms with Crippen molar-refractivity contribution in [2.24, 2.45) is 0 Å². The summed E-state index contributed by atoms with van der Waals surface area (Å²) < 4.78 is 5.25. The van der Waals surface area contributed by atoms with Crippen LogP contribution in [-0.2, 0) is 35.8 Å². The van der Waals surface area contributed by atoms with Crippen LogP contribution in [-0.4, -0.2) is 38.1 Å². The van der Waals surface area contributed by atoms with E-state index in [2.05, 4.69) is 20.7 Å². The first kappa shape index (κ1) is 25.6. The molecule has 4 aromatic rings. The molecule has 9 heteroatoms. The summed E-state index contributed by atoms with van der Waals surface area (Å²) in [5.74, 6) is 0.185. The van der Waals surface area contributed by atoms with Gasteiger partial charge < -0.3 is 15.0 Å². The number of carbonyl (C=O) groups excluding carboxylic acids is 2. The van der Waals surface area contributed by atoms with Crippen LogP contribution >= 0.6 is 0 Å². The molecule has 0 saturated carbocycles. The van der Waals surface area contributed by atoms with Crippen molar-refractivity contribution in [3.05, 3.63) is 108 Å². The first-order valence-corrected chi connectivity index (χ1v) is 12.2. The van der Waals surface area contributed by atoms with Gasteiger partial charge in [0, 0.05) is 13.1 Å². The summed E-state index contributed by atoms with van der Waals surface area (Å²) in [6.07, 6.45) is -0.234. The maximum absolute atomic E-state index is 12.9. The van der Waals surface area contributed by atoms with E-state index in [0.717, 1.165) is 16.7 Å². The van der Waals surface area contributed by atoms with Crippen LogP contribution in [0.2, 0.25) is 0 Å². The first-order valence-electron chi connectivity index (χ1n) is 12.2. The third-order valence-electron chi connectivity index (χ3n) is 5.76. The highest BCUT2D eigenvalue weighted by Gasteiger charge is 2.22. The molecule has 0 saturated heterocycles. The van der Waals surface area contributed by atoms with Gasteiger partial charge in [0.05, 0.1) is 6.04 Å². The van der Waals surface area contributed by atoms with Crippen molar-refractivity contribution in [3.8, 4) is 0 Å². The zero-order valence-corrected chi connectivity index (χ0v) is 20.7. The van der Waals surface area contributed by atoms with Gasteiger partial charge in [-0.3, -0.25) is 4.79 Å². The highest BCUT2D eigenvalue weighted by Crippen LogP contribution is 2.15. The molecular formula is C28H30N6O3.